The molecule has 52 heavy (non-hydrogen) atoms. The number of hydrogen-bond acceptors (Lipinski definition) is 18. The Morgan fingerprint density at radius 2 is 0.981 bits per heavy atom. The predicted octanol–water partition coefficient (Wildman–Crippen LogP) is -8.26. The van der Waals surface area contributed by atoms with Crippen LogP contribution in [0.4, 0.5) is 28.4 Å². The Balaban J connectivity index is 0.00000338. The number of phenols is 1. The summed E-state index contributed by atoms with van der Waals surface area (Å²) in [5, 5.41) is 25.8. The molecule has 0 heterocycles. The average molecular weight is 826 g/mol. The Morgan fingerprint density at radius 3 is 1.50 bits per heavy atom. The SMILES string of the molecule is Nc1cc2c(O)c(N=Nc3ccc(N=Nc4ccc(S(=O)(=O)[O-])cc4)c4ccc(S(=O)(=O)[O-])cc34)c(S(=O)(=O)[O-])cc2cc1S(=O)(=O)[O-].[Na+].[Na+].[Na+].[Na+]. The van der Waals surface area contributed by atoms with Crippen molar-refractivity contribution in [3.63, 3.8) is 0 Å². The van der Waals surface area contributed by atoms with Gasteiger partial charge < -0.3 is 29.1 Å². The van der Waals surface area contributed by atoms with Crippen LogP contribution in [0.25, 0.3) is 21.5 Å². The maximum atomic E-state index is 12.1. The third kappa shape index (κ3) is 11.1. The van der Waals surface area contributed by atoms with Gasteiger partial charge >= 0.3 is 118 Å². The second-order valence-electron chi connectivity index (χ2n) is 9.70. The summed E-state index contributed by atoms with van der Waals surface area (Å²) in [5.74, 6) is -0.999. The predicted molar refractivity (Wildman–Crippen MR) is 161 cm³/mol. The van der Waals surface area contributed by atoms with Gasteiger partial charge in [0.05, 0.1) is 36.6 Å². The minimum atomic E-state index is -5.45. The van der Waals surface area contributed by atoms with Gasteiger partial charge in [0.25, 0.3) is 0 Å². The molecule has 0 amide bonds. The molecule has 5 aromatic carbocycles. The van der Waals surface area contributed by atoms with Gasteiger partial charge in [-0.1, -0.05) is 6.07 Å². The zero-order chi connectivity index (χ0) is 35.4. The number of nitrogens with zero attached hydrogens (tertiary/aromatic N) is 4. The molecule has 0 aliphatic carbocycles. The van der Waals surface area contributed by atoms with E-state index < -0.39 is 77.2 Å². The molecule has 250 valence electrons. The number of hydrogen-bond donors (Lipinski definition) is 2. The summed E-state index contributed by atoms with van der Waals surface area (Å²) in [6.45, 7) is 0. The van der Waals surface area contributed by atoms with Gasteiger partial charge in [-0.05, 0) is 72.1 Å². The number of fused-ring (bicyclic) bond motifs is 2. The van der Waals surface area contributed by atoms with Gasteiger partial charge in [0.1, 0.15) is 46.2 Å². The van der Waals surface area contributed by atoms with Crippen LogP contribution in [0.15, 0.2) is 113 Å². The molecule has 0 radical (unpaired) electrons. The van der Waals surface area contributed by atoms with Gasteiger partial charge in [-0.2, -0.15) is 5.11 Å². The van der Waals surface area contributed by atoms with Crippen LogP contribution in [0.1, 0.15) is 0 Å². The molecule has 0 aromatic heterocycles. The monoisotopic (exact) mass is 825 g/mol. The molecule has 18 nitrogen and oxygen atoms in total. The third-order valence-electron chi connectivity index (χ3n) is 6.61. The van der Waals surface area contributed by atoms with E-state index in [9.17, 15) is 57.0 Å². The van der Waals surface area contributed by atoms with Crippen molar-refractivity contribution in [3.8, 4) is 5.75 Å². The van der Waals surface area contributed by atoms with E-state index in [1.54, 1.807) is 0 Å². The van der Waals surface area contributed by atoms with E-state index in [0.29, 0.717) is 12.1 Å². The zero-order valence-corrected chi connectivity index (χ0v) is 38.5. The number of anilines is 1. The molecule has 0 spiro atoms. The number of nitrogens with two attached hydrogens (primary N) is 1. The fourth-order valence-electron chi connectivity index (χ4n) is 4.42. The topological polar surface area (TPSA) is 324 Å². The van der Waals surface area contributed by atoms with Gasteiger partial charge in [-0.15, -0.1) is 15.3 Å². The van der Waals surface area contributed by atoms with E-state index in [-0.39, 0.29) is 157 Å². The minimum absolute atomic E-state index is 0. The first-order chi connectivity index (χ1) is 22.1. The Kier molecular flexibility index (Phi) is 17.3. The molecule has 26 heteroatoms. The van der Waals surface area contributed by atoms with Gasteiger partial charge in [0.15, 0.2) is 5.75 Å². The number of azo groups is 2. The number of benzene rings is 5. The summed E-state index contributed by atoms with van der Waals surface area (Å²) in [7, 11) is -20.3. The van der Waals surface area contributed by atoms with Crippen LogP contribution in [0.2, 0.25) is 0 Å². The summed E-state index contributed by atoms with van der Waals surface area (Å²) in [6.07, 6.45) is 0. The van der Waals surface area contributed by atoms with E-state index in [0.717, 1.165) is 30.3 Å². The quantitative estimate of drug-likeness (QED) is 0.0636. The fraction of sp³-hybridized carbons (Fsp3) is 0. The Labute approximate surface area is 384 Å². The van der Waals surface area contributed by atoms with Crippen molar-refractivity contribution in [2.45, 2.75) is 19.6 Å². The van der Waals surface area contributed by atoms with Crippen molar-refractivity contribution in [3.05, 3.63) is 72.8 Å². The van der Waals surface area contributed by atoms with Crippen LogP contribution in [0, 0.1) is 0 Å². The fourth-order valence-corrected chi connectivity index (χ4v) is 6.65. The van der Waals surface area contributed by atoms with E-state index in [1.807, 2.05) is 0 Å². The summed E-state index contributed by atoms with van der Waals surface area (Å²) >= 11 is 0. The molecule has 5 aromatic rings. The number of phenolic OH excluding ortho intramolecular Hbond substituents is 1. The smallest absolute Gasteiger partial charge is 0.744 e. The van der Waals surface area contributed by atoms with Gasteiger partial charge in [-0.25, -0.2) is 33.7 Å². The molecule has 0 atom stereocenters. The van der Waals surface area contributed by atoms with Crippen LogP contribution >= 0.6 is 0 Å². The van der Waals surface area contributed by atoms with Crippen LogP contribution in [0.3, 0.4) is 0 Å². The minimum Gasteiger partial charge on any atom is -0.744 e. The Hall–Kier alpha value is -0.940. The first-order valence-corrected chi connectivity index (χ1v) is 18.2. The number of aromatic hydroxyl groups is 1. The van der Waals surface area contributed by atoms with E-state index in [2.05, 4.69) is 20.5 Å². The molecule has 0 aliphatic rings. The third-order valence-corrected chi connectivity index (χ3v) is 10.0. The first-order valence-electron chi connectivity index (χ1n) is 12.6. The van der Waals surface area contributed by atoms with E-state index >= 15 is 0 Å². The van der Waals surface area contributed by atoms with Crippen LogP contribution < -0.4 is 124 Å². The largest absolute Gasteiger partial charge is 1.00 e. The molecular weight excluding hydrogens is 811 g/mol. The van der Waals surface area contributed by atoms with Crippen LogP contribution in [-0.4, -0.2) is 57.0 Å². The van der Waals surface area contributed by atoms with Gasteiger partial charge in [0, 0.05) is 21.8 Å². The molecular formula is C26H15N5Na4O13S4. The van der Waals surface area contributed by atoms with Gasteiger partial charge in [0.2, 0.25) is 0 Å². The van der Waals surface area contributed by atoms with Crippen molar-refractivity contribution < 1.29 is 175 Å². The maximum absolute atomic E-state index is 12.1. The van der Waals surface area contributed by atoms with Crippen molar-refractivity contribution in [1.29, 1.82) is 0 Å². The van der Waals surface area contributed by atoms with Crippen molar-refractivity contribution in [2.24, 2.45) is 20.5 Å². The normalized spacial score (nSPS) is 12.2. The molecule has 0 aliphatic heterocycles. The number of nitrogen functional groups attached to an aromatic ring is 1. The van der Waals surface area contributed by atoms with Gasteiger partial charge in [-0.3, -0.25) is 0 Å². The van der Waals surface area contributed by atoms with Crippen molar-refractivity contribution in [2.75, 3.05) is 5.73 Å². The Morgan fingerprint density at radius 1 is 0.500 bits per heavy atom. The summed E-state index contributed by atoms with van der Waals surface area (Å²) < 4.78 is 140. The molecule has 0 saturated carbocycles. The molecule has 0 fully saturated rings. The maximum Gasteiger partial charge on any atom is 1.00 e. The Bertz CT molecular complexity index is 2700. The van der Waals surface area contributed by atoms with E-state index in [4.69, 9.17) is 5.73 Å². The molecule has 0 saturated heterocycles. The van der Waals surface area contributed by atoms with Crippen molar-refractivity contribution in [1.82, 2.24) is 0 Å². The molecule has 3 N–H and O–H groups in total. The molecule has 5 rings (SSSR count). The van der Waals surface area contributed by atoms with Crippen LogP contribution in [0.5, 0.6) is 5.75 Å². The summed E-state index contributed by atoms with van der Waals surface area (Å²) in [5.41, 5.74) is 4.03. The van der Waals surface area contributed by atoms with Crippen molar-refractivity contribution >= 4 is 90.5 Å². The molecule has 0 unspecified atom stereocenters. The first kappa shape index (κ1) is 49.1. The standard InChI is InChI=1S/C26H19N5O13S4.4Na/c27-20-12-18-13(9-23(20)47(39,40)41)10-24(48(42,43)44)25(26(18)32)31-30-22-8-7-21(17-6-5-16(11-19(17)22)46(36,37)38)29-28-14-1-3-15(4-2-14)45(33,34)35;;;;/h1-12,32H,27H2,(H,33,34,35)(H,36,37,38)(H,39,40,41)(H,42,43,44);;;;/q;4*+1/p-4. The average Bonchev–Trinajstić information content (AvgIpc) is 2.97. The number of rotatable bonds is 8. The molecule has 0 bridgehead atoms. The zero-order valence-electron chi connectivity index (χ0n) is 27.3. The van der Waals surface area contributed by atoms with Crippen LogP contribution in [-0.2, 0) is 40.5 Å². The second kappa shape index (κ2) is 18.3. The van der Waals surface area contributed by atoms with E-state index in [1.165, 1.54) is 30.3 Å². The second-order valence-corrected chi connectivity index (χ2v) is 15.2. The summed E-state index contributed by atoms with van der Waals surface area (Å²) in [6, 6.07) is 12.0. The summed E-state index contributed by atoms with van der Waals surface area (Å²) in [4.78, 5) is -3.35.